The van der Waals surface area contributed by atoms with E-state index in [0.717, 1.165) is 13.0 Å². The lowest BCUT2D eigenvalue weighted by molar-refractivity contribution is -0.125. The molecule has 2 fully saturated rings. The lowest BCUT2D eigenvalue weighted by Gasteiger charge is -2.29. The van der Waals surface area contributed by atoms with Crippen LogP contribution in [-0.2, 0) is 4.79 Å². The Labute approximate surface area is 105 Å². The van der Waals surface area contributed by atoms with Crippen LogP contribution in [0.4, 0.5) is 0 Å². The van der Waals surface area contributed by atoms with Gasteiger partial charge in [0.25, 0.3) is 0 Å². The first-order chi connectivity index (χ1) is 8.16. The third kappa shape index (κ3) is 3.44. The van der Waals surface area contributed by atoms with E-state index in [2.05, 4.69) is 24.5 Å². The molecule has 2 N–H and O–H groups in total. The van der Waals surface area contributed by atoms with Crippen molar-refractivity contribution >= 4 is 5.91 Å². The summed E-state index contributed by atoms with van der Waals surface area (Å²) in [4.78, 5) is 12.1. The monoisotopic (exact) mass is 238 g/mol. The van der Waals surface area contributed by atoms with Crippen molar-refractivity contribution < 1.29 is 4.79 Å². The SMILES string of the molecule is CC1CCNC(C(=O)N[C@H](C)C2CCCC2)C1. The molecule has 1 aliphatic heterocycles. The zero-order chi connectivity index (χ0) is 12.3. The average molecular weight is 238 g/mol. The first-order valence-electron chi connectivity index (χ1n) is 7.20. The minimum atomic E-state index is 0.0441. The summed E-state index contributed by atoms with van der Waals surface area (Å²) in [5, 5.41) is 6.54. The Hall–Kier alpha value is -0.570. The molecule has 3 heteroatoms. The smallest absolute Gasteiger partial charge is 0.237 e. The summed E-state index contributed by atoms with van der Waals surface area (Å²) in [5.41, 5.74) is 0. The third-order valence-electron chi connectivity index (χ3n) is 4.46. The van der Waals surface area contributed by atoms with Gasteiger partial charge in [0.1, 0.15) is 0 Å². The second-order valence-electron chi connectivity index (χ2n) is 5.98. The molecule has 0 aromatic rings. The standard InChI is InChI=1S/C14H26N2O/c1-10-7-8-15-13(9-10)14(17)16-11(2)12-5-3-4-6-12/h10-13,15H,3-9H2,1-2H3,(H,16,17)/t10?,11-,13?/m1/s1. The lowest BCUT2D eigenvalue weighted by Crippen LogP contribution is -2.51. The Kier molecular flexibility index (Phi) is 4.43. The van der Waals surface area contributed by atoms with E-state index in [4.69, 9.17) is 0 Å². The van der Waals surface area contributed by atoms with Crippen LogP contribution in [0.15, 0.2) is 0 Å². The van der Waals surface area contributed by atoms with E-state index in [1.54, 1.807) is 0 Å². The molecule has 1 saturated carbocycles. The van der Waals surface area contributed by atoms with Gasteiger partial charge in [0.15, 0.2) is 0 Å². The van der Waals surface area contributed by atoms with Gasteiger partial charge >= 0.3 is 0 Å². The van der Waals surface area contributed by atoms with Gasteiger partial charge in [0.2, 0.25) is 5.91 Å². The van der Waals surface area contributed by atoms with Gasteiger partial charge in [0, 0.05) is 6.04 Å². The number of piperidine rings is 1. The molecule has 0 aromatic heterocycles. The van der Waals surface area contributed by atoms with Gasteiger partial charge in [-0.25, -0.2) is 0 Å². The highest BCUT2D eigenvalue weighted by Gasteiger charge is 2.28. The van der Waals surface area contributed by atoms with Gasteiger partial charge in [-0.1, -0.05) is 19.8 Å². The summed E-state index contributed by atoms with van der Waals surface area (Å²) in [6.45, 7) is 5.39. The van der Waals surface area contributed by atoms with Crippen molar-refractivity contribution in [3.63, 3.8) is 0 Å². The average Bonchev–Trinajstić information content (AvgIpc) is 2.82. The fraction of sp³-hybridized carbons (Fsp3) is 0.929. The Morgan fingerprint density at radius 3 is 2.65 bits per heavy atom. The quantitative estimate of drug-likeness (QED) is 0.790. The van der Waals surface area contributed by atoms with Crippen LogP contribution in [0.5, 0.6) is 0 Å². The molecule has 1 heterocycles. The van der Waals surface area contributed by atoms with Crippen LogP contribution < -0.4 is 10.6 Å². The van der Waals surface area contributed by atoms with Gasteiger partial charge in [-0.2, -0.15) is 0 Å². The predicted octanol–water partition coefficient (Wildman–Crippen LogP) is 2.07. The van der Waals surface area contributed by atoms with Crippen molar-refractivity contribution in [1.29, 1.82) is 0 Å². The van der Waals surface area contributed by atoms with Gasteiger partial charge in [-0.15, -0.1) is 0 Å². The highest BCUT2D eigenvalue weighted by atomic mass is 16.2. The molecule has 17 heavy (non-hydrogen) atoms. The summed E-state index contributed by atoms with van der Waals surface area (Å²) < 4.78 is 0. The van der Waals surface area contributed by atoms with E-state index in [0.29, 0.717) is 17.9 Å². The normalized spacial score (nSPS) is 32.4. The first kappa shape index (κ1) is 12.9. The molecule has 1 saturated heterocycles. The Morgan fingerprint density at radius 2 is 2.00 bits per heavy atom. The number of hydrogen-bond donors (Lipinski definition) is 2. The molecule has 0 aromatic carbocycles. The fourth-order valence-electron chi connectivity index (χ4n) is 3.21. The second kappa shape index (κ2) is 5.85. The molecule has 2 aliphatic rings. The Balaban J connectivity index is 1.79. The number of nitrogens with one attached hydrogen (secondary N) is 2. The molecule has 3 atom stereocenters. The lowest BCUT2D eigenvalue weighted by atomic mass is 9.93. The number of carbonyl (C=O) groups excluding carboxylic acids is 1. The predicted molar refractivity (Wildman–Crippen MR) is 69.8 cm³/mol. The molecule has 1 aliphatic carbocycles. The molecule has 1 amide bonds. The molecule has 2 rings (SSSR count). The van der Waals surface area contributed by atoms with Crippen molar-refractivity contribution in [3.8, 4) is 0 Å². The van der Waals surface area contributed by atoms with Gasteiger partial charge in [-0.3, -0.25) is 4.79 Å². The van der Waals surface area contributed by atoms with Crippen molar-refractivity contribution in [2.45, 2.75) is 64.5 Å². The first-order valence-corrected chi connectivity index (χ1v) is 7.20. The van der Waals surface area contributed by atoms with Crippen LogP contribution in [-0.4, -0.2) is 24.5 Å². The summed E-state index contributed by atoms with van der Waals surface area (Å²) in [6, 6.07) is 0.395. The third-order valence-corrected chi connectivity index (χ3v) is 4.46. The number of hydrogen-bond acceptors (Lipinski definition) is 2. The Morgan fingerprint density at radius 1 is 1.29 bits per heavy atom. The molecule has 0 radical (unpaired) electrons. The van der Waals surface area contributed by atoms with E-state index in [1.165, 1.54) is 32.1 Å². The highest BCUT2D eigenvalue weighted by molar-refractivity contribution is 5.82. The van der Waals surface area contributed by atoms with Crippen molar-refractivity contribution in [2.24, 2.45) is 11.8 Å². The maximum absolute atomic E-state index is 12.1. The van der Waals surface area contributed by atoms with Crippen LogP contribution in [0.2, 0.25) is 0 Å². The van der Waals surface area contributed by atoms with Gasteiger partial charge < -0.3 is 10.6 Å². The van der Waals surface area contributed by atoms with Crippen molar-refractivity contribution in [3.05, 3.63) is 0 Å². The van der Waals surface area contributed by atoms with Crippen LogP contribution >= 0.6 is 0 Å². The number of rotatable bonds is 3. The molecule has 0 bridgehead atoms. The minimum Gasteiger partial charge on any atom is -0.352 e. The van der Waals surface area contributed by atoms with Crippen LogP contribution in [0.1, 0.15) is 52.4 Å². The minimum absolute atomic E-state index is 0.0441. The zero-order valence-corrected chi connectivity index (χ0v) is 11.2. The van der Waals surface area contributed by atoms with Crippen LogP contribution in [0, 0.1) is 11.8 Å². The van der Waals surface area contributed by atoms with Gasteiger partial charge in [0.05, 0.1) is 6.04 Å². The van der Waals surface area contributed by atoms with E-state index in [-0.39, 0.29) is 11.9 Å². The second-order valence-corrected chi connectivity index (χ2v) is 5.98. The fourth-order valence-corrected chi connectivity index (χ4v) is 3.21. The summed E-state index contributed by atoms with van der Waals surface area (Å²) >= 11 is 0. The van der Waals surface area contributed by atoms with E-state index in [9.17, 15) is 4.79 Å². The van der Waals surface area contributed by atoms with Crippen molar-refractivity contribution in [2.75, 3.05) is 6.54 Å². The molecular formula is C14H26N2O. The number of amides is 1. The van der Waals surface area contributed by atoms with E-state index < -0.39 is 0 Å². The highest BCUT2D eigenvalue weighted by Crippen LogP contribution is 2.27. The molecule has 0 spiro atoms. The molecular weight excluding hydrogens is 212 g/mol. The van der Waals surface area contributed by atoms with Crippen LogP contribution in [0.3, 0.4) is 0 Å². The number of carbonyl (C=O) groups is 1. The van der Waals surface area contributed by atoms with Gasteiger partial charge in [-0.05, 0) is 51.0 Å². The largest absolute Gasteiger partial charge is 0.352 e. The zero-order valence-electron chi connectivity index (χ0n) is 11.2. The van der Waals surface area contributed by atoms with E-state index in [1.807, 2.05) is 0 Å². The maximum atomic E-state index is 12.1. The maximum Gasteiger partial charge on any atom is 0.237 e. The van der Waals surface area contributed by atoms with Crippen molar-refractivity contribution in [1.82, 2.24) is 10.6 Å². The molecule has 98 valence electrons. The topological polar surface area (TPSA) is 41.1 Å². The Bertz CT molecular complexity index is 261. The summed E-state index contributed by atoms with van der Waals surface area (Å²) in [6.07, 6.45) is 7.43. The van der Waals surface area contributed by atoms with Crippen LogP contribution in [0.25, 0.3) is 0 Å². The molecule has 2 unspecified atom stereocenters. The summed E-state index contributed by atoms with van der Waals surface area (Å²) in [5.74, 6) is 1.60. The molecule has 3 nitrogen and oxygen atoms in total. The summed E-state index contributed by atoms with van der Waals surface area (Å²) in [7, 11) is 0. The van der Waals surface area contributed by atoms with E-state index >= 15 is 0 Å².